The van der Waals surface area contributed by atoms with Gasteiger partial charge in [-0.1, -0.05) is 18.2 Å². The fourth-order valence-corrected chi connectivity index (χ4v) is 3.10. The van der Waals surface area contributed by atoms with Crippen molar-refractivity contribution in [3.63, 3.8) is 0 Å². The number of aliphatic hydroxyl groups is 1. The highest BCUT2D eigenvalue weighted by molar-refractivity contribution is 5.88. The lowest BCUT2D eigenvalue weighted by Crippen LogP contribution is -2.48. The molecule has 0 aromatic heterocycles. The normalized spacial score (nSPS) is 11.4. The zero-order valence-corrected chi connectivity index (χ0v) is 18.4. The minimum atomic E-state index is -0.721. The summed E-state index contributed by atoms with van der Waals surface area (Å²) in [5, 5.41) is 11.6. The molecule has 0 unspecified atom stereocenters. The standard InChI is InChI=1S/C23H30N2O6/c1-16(23(28)24-11-12-26)25(15-17-5-8-19(29-2)9-6-17)22(27)14-18-7-10-20(30-3)21(13-18)31-4/h5-10,13,16,26H,11-12,14-15H2,1-4H3,(H,24,28)/t16-/m1/s1. The van der Waals surface area contributed by atoms with Gasteiger partial charge in [-0.3, -0.25) is 9.59 Å². The van der Waals surface area contributed by atoms with E-state index in [0.717, 1.165) is 11.1 Å². The van der Waals surface area contributed by atoms with Crippen LogP contribution in [0.15, 0.2) is 42.5 Å². The van der Waals surface area contributed by atoms with Gasteiger partial charge in [0, 0.05) is 13.1 Å². The van der Waals surface area contributed by atoms with Crippen LogP contribution in [-0.2, 0) is 22.6 Å². The Hall–Kier alpha value is -3.26. The zero-order valence-electron chi connectivity index (χ0n) is 18.4. The van der Waals surface area contributed by atoms with Crippen molar-refractivity contribution >= 4 is 11.8 Å². The summed E-state index contributed by atoms with van der Waals surface area (Å²) in [6.07, 6.45) is 0.0914. The molecular weight excluding hydrogens is 400 g/mol. The largest absolute Gasteiger partial charge is 0.497 e. The number of rotatable bonds is 11. The van der Waals surface area contributed by atoms with Crippen LogP contribution in [0.25, 0.3) is 0 Å². The molecule has 0 bridgehead atoms. The van der Waals surface area contributed by atoms with Crippen molar-refractivity contribution in [3.05, 3.63) is 53.6 Å². The maximum atomic E-state index is 13.2. The molecule has 2 N–H and O–H groups in total. The Kier molecular flexibility index (Phi) is 9.14. The molecule has 0 saturated carbocycles. The first-order valence-electron chi connectivity index (χ1n) is 9.95. The molecule has 8 nitrogen and oxygen atoms in total. The number of hydrogen-bond acceptors (Lipinski definition) is 6. The van der Waals surface area contributed by atoms with Crippen LogP contribution < -0.4 is 19.5 Å². The molecule has 0 saturated heterocycles. The Labute approximate surface area is 182 Å². The average molecular weight is 431 g/mol. The molecule has 168 valence electrons. The number of aliphatic hydroxyl groups excluding tert-OH is 1. The van der Waals surface area contributed by atoms with Gasteiger partial charge in [-0.15, -0.1) is 0 Å². The Morgan fingerprint density at radius 1 is 0.968 bits per heavy atom. The van der Waals surface area contributed by atoms with E-state index in [1.807, 2.05) is 24.3 Å². The van der Waals surface area contributed by atoms with Gasteiger partial charge in [-0.05, 0) is 42.3 Å². The minimum absolute atomic E-state index is 0.0914. The predicted molar refractivity (Wildman–Crippen MR) is 116 cm³/mol. The maximum Gasteiger partial charge on any atom is 0.242 e. The number of nitrogens with zero attached hydrogens (tertiary/aromatic N) is 1. The molecule has 2 aromatic carbocycles. The van der Waals surface area contributed by atoms with E-state index >= 15 is 0 Å². The third-order valence-corrected chi connectivity index (χ3v) is 4.89. The van der Waals surface area contributed by atoms with Crippen LogP contribution in [0.5, 0.6) is 17.2 Å². The summed E-state index contributed by atoms with van der Waals surface area (Å²) >= 11 is 0. The van der Waals surface area contributed by atoms with E-state index < -0.39 is 6.04 Å². The van der Waals surface area contributed by atoms with E-state index in [-0.39, 0.29) is 37.9 Å². The van der Waals surface area contributed by atoms with Gasteiger partial charge in [0.25, 0.3) is 0 Å². The molecule has 0 spiro atoms. The molecule has 0 aliphatic heterocycles. The molecule has 0 radical (unpaired) electrons. The second-order valence-electron chi connectivity index (χ2n) is 6.93. The molecule has 2 aromatic rings. The van der Waals surface area contributed by atoms with Crippen molar-refractivity contribution in [1.29, 1.82) is 0 Å². The Balaban J connectivity index is 2.24. The highest BCUT2D eigenvalue weighted by atomic mass is 16.5. The molecule has 2 rings (SSSR count). The third kappa shape index (κ3) is 6.62. The van der Waals surface area contributed by atoms with E-state index in [1.165, 1.54) is 12.0 Å². The fraction of sp³-hybridized carbons (Fsp3) is 0.391. The molecular formula is C23H30N2O6. The first-order chi connectivity index (χ1) is 14.9. The van der Waals surface area contributed by atoms with Gasteiger partial charge < -0.3 is 29.5 Å². The SMILES string of the molecule is COc1ccc(CN(C(=O)Cc2ccc(OC)c(OC)c2)[C@H](C)C(=O)NCCO)cc1. The topological polar surface area (TPSA) is 97.3 Å². The quantitative estimate of drug-likeness (QED) is 0.564. The number of nitrogens with one attached hydrogen (secondary N) is 1. The highest BCUT2D eigenvalue weighted by Crippen LogP contribution is 2.28. The zero-order chi connectivity index (χ0) is 22.8. The molecule has 2 amide bonds. The van der Waals surface area contributed by atoms with Gasteiger partial charge in [-0.25, -0.2) is 0 Å². The number of amides is 2. The lowest BCUT2D eigenvalue weighted by atomic mass is 10.1. The monoisotopic (exact) mass is 430 g/mol. The molecule has 0 aliphatic rings. The van der Waals surface area contributed by atoms with Crippen molar-refractivity contribution in [2.24, 2.45) is 0 Å². The molecule has 0 aliphatic carbocycles. The second-order valence-corrected chi connectivity index (χ2v) is 6.93. The van der Waals surface area contributed by atoms with Crippen molar-refractivity contribution in [2.45, 2.75) is 25.9 Å². The van der Waals surface area contributed by atoms with Gasteiger partial charge in [0.05, 0.1) is 34.4 Å². The van der Waals surface area contributed by atoms with Gasteiger partial charge >= 0.3 is 0 Å². The average Bonchev–Trinajstić information content (AvgIpc) is 2.80. The van der Waals surface area contributed by atoms with E-state index in [9.17, 15) is 9.59 Å². The smallest absolute Gasteiger partial charge is 0.242 e. The summed E-state index contributed by atoms with van der Waals surface area (Å²) in [6, 6.07) is 11.9. The van der Waals surface area contributed by atoms with Gasteiger partial charge in [-0.2, -0.15) is 0 Å². The summed E-state index contributed by atoms with van der Waals surface area (Å²) in [4.78, 5) is 27.2. The number of ether oxygens (including phenoxy) is 3. The Morgan fingerprint density at radius 3 is 2.19 bits per heavy atom. The number of hydrogen-bond donors (Lipinski definition) is 2. The molecule has 1 atom stereocenters. The van der Waals surface area contributed by atoms with Crippen LogP contribution >= 0.6 is 0 Å². The van der Waals surface area contributed by atoms with Crippen molar-refractivity contribution in [1.82, 2.24) is 10.2 Å². The van der Waals surface area contributed by atoms with Gasteiger partial charge in [0.15, 0.2) is 11.5 Å². The van der Waals surface area contributed by atoms with Gasteiger partial charge in [0.1, 0.15) is 11.8 Å². The first kappa shape index (κ1) is 24.0. The van der Waals surface area contributed by atoms with E-state index in [4.69, 9.17) is 19.3 Å². The van der Waals surface area contributed by atoms with Crippen LogP contribution in [0.2, 0.25) is 0 Å². The van der Waals surface area contributed by atoms with Gasteiger partial charge in [0.2, 0.25) is 11.8 Å². The van der Waals surface area contributed by atoms with Crippen molar-refractivity contribution in [3.8, 4) is 17.2 Å². The molecule has 8 heteroatoms. The van der Waals surface area contributed by atoms with Crippen LogP contribution in [0.1, 0.15) is 18.1 Å². The summed E-state index contributed by atoms with van der Waals surface area (Å²) in [5.41, 5.74) is 1.61. The third-order valence-electron chi connectivity index (χ3n) is 4.89. The predicted octanol–water partition coefficient (Wildman–Crippen LogP) is 1.78. The fourth-order valence-electron chi connectivity index (χ4n) is 3.10. The first-order valence-corrected chi connectivity index (χ1v) is 9.95. The molecule has 31 heavy (non-hydrogen) atoms. The number of carbonyl (C=O) groups excluding carboxylic acids is 2. The Bertz CT molecular complexity index is 869. The molecule has 0 fully saturated rings. The van der Waals surface area contributed by atoms with Crippen molar-refractivity contribution in [2.75, 3.05) is 34.5 Å². The summed E-state index contributed by atoms with van der Waals surface area (Å²) in [6.45, 7) is 1.88. The molecule has 0 heterocycles. The van der Waals surface area contributed by atoms with E-state index in [0.29, 0.717) is 17.2 Å². The number of carbonyl (C=O) groups is 2. The van der Waals surface area contributed by atoms with Crippen LogP contribution in [-0.4, -0.2) is 62.3 Å². The van der Waals surface area contributed by atoms with E-state index in [1.54, 1.807) is 39.3 Å². The highest BCUT2D eigenvalue weighted by Gasteiger charge is 2.26. The number of benzene rings is 2. The maximum absolute atomic E-state index is 13.2. The summed E-state index contributed by atoms with van der Waals surface area (Å²) < 4.78 is 15.7. The second kappa shape index (κ2) is 11.8. The minimum Gasteiger partial charge on any atom is -0.497 e. The van der Waals surface area contributed by atoms with E-state index in [2.05, 4.69) is 5.32 Å². The van der Waals surface area contributed by atoms with Crippen LogP contribution in [0.3, 0.4) is 0 Å². The van der Waals surface area contributed by atoms with Crippen LogP contribution in [0, 0.1) is 0 Å². The van der Waals surface area contributed by atoms with Crippen molar-refractivity contribution < 1.29 is 28.9 Å². The van der Waals surface area contributed by atoms with Crippen LogP contribution in [0.4, 0.5) is 0 Å². The number of methoxy groups -OCH3 is 3. The lowest BCUT2D eigenvalue weighted by Gasteiger charge is -2.29. The summed E-state index contributed by atoms with van der Waals surface area (Å²) in [7, 11) is 4.67. The Morgan fingerprint density at radius 2 is 1.61 bits per heavy atom. The lowest BCUT2D eigenvalue weighted by molar-refractivity contribution is -0.140. The summed E-state index contributed by atoms with van der Waals surface area (Å²) in [5.74, 6) is 1.27.